The Morgan fingerprint density at radius 1 is 1.31 bits per heavy atom. The molecule has 36 heavy (non-hydrogen) atoms. The molecule has 2 atom stereocenters. The van der Waals surface area contributed by atoms with Crippen LogP contribution in [0.3, 0.4) is 0 Å². The van der Waals surface area contributed by atoms with E-state index in [0.29, 0.717) is 6.41 Å². The van der Waals surface area contributed by atoms with Gasteiger partial charge in [-0.3, -0.25) is 24.2 Å². The Balaban J connectivity index is 1.72. The fourth-order valence-electron chi connectivity index (χ4n) is 3.57. The van der Waals surface area contributed by atoms with Gasteiger partial charge in [-0.1, -0.05) is 0 Å². The first kappa shape index (κ1) is 25.6. The maximum Gasteiger partial charge on any atom is 0.326 e. The van der Waals surface area contributed by atoms with Crippen molar-refractivity contribution in [3.8, 4) is 0 Å². The molecule has 190 valence electrons. The molecule has 1 aromatic heterocycles. The van der Waals surface area contributed by atoms with Crippen LogP contribution in [0.4, 0.5) is 23.1 Å². The molecule has 0 saturated carbocycles. The Morgan fingerprint density at radius 2 is 2.00 bits per heavy atom. The molecule has 0 fully saturated rings. The third kappa shape index (κ3) is 5.72. The lowest BCUT2D eigenvalue weighted by molar-refractivity contribution is -0.140. The molecule has 7 N–H and O–H groups in total. The molecule has 1 aliphatic heterocycles. The summed E-state index contributed by atoms with van der Waals surface area (Å²) in [4.78, 5) is 77.4. The van der Waals surface area contributed by atoms with Crippen molar-refractivity contribution in [1.29, 1.82) is 0 Å². The Morgan fingerprint density at radius 3 is 2.58 bits per heavy atom. The minimum Gasteiger partial charge on any atom is -0.481 e. The molecule has 2 heterocycles. The fraction of sp³-hybridized carbons (Fsp3) is 0.300. The van der Waals surface area contributed by atoms with E-state index in [0.717, 1.165) is 9.91 Å². The number of aromatic nitrogens is 2. The number of fused-ring (bicyclic) bond motifs is 1. The normalized spacial score (nSPS) is 15.1. The van der Waals surface area contributed by atoms with E-state index in [1.54, 1.807) is 0 Å². The van der Waals surface area contributed by atoms with Crippen molar-refractivity contribution in [2.75, 3.05) is 34.0 Å². The Hall–Kier alpha value is -5.02. The van der Waals surface area contributed by atoms with Crippen LogP contribution in [0.25, 0.3) is 0 Å². The largest absolute Gasteiger partial charge is 0.481 e. The quantitative estimate of drug-likeness (QED) is 0.127. The van der Waals surface area contributed by atoms with Gasteiger partial charge in [0, 0.05) is 18.5 Å². The highest BCUT2D eigenvalue weighted by molar-refractivity contribution is 5.97. The second kappa shape index (κ2) is 10.9. The predicted molar refractivity (Wildman–Crippen MR) is 125 cm³/mol. The number of carboxylic acids is 2. The van der Waals surface area contributed by atoms with Gasteiger partial charge in [0.25, 0.3) is 11.5 Å². The van der Waals surface area contributed by atoms with Gasteiger partial charge in [-0.15, -0.1) is 4.91 Å². The summed E-state index contributed by atoms with van der Waals surface area (Å²) in [5, 5.41) is 27.0. The first-order valence-electron chi connectivity index (χ1n) is 10.5. The molecule has 0 spiro atoms. The highest BCUT2D eigenvalue weighted by Gasteiger charge is 2.32. The number of nitrogen functional groups attached to an aromatic ring is 1. The third-order valence-corrected chi connectivity index (χ3v) is 5.34. The number of amides is 2. The number of H-pyrrole nitrogens is 1. The predicted octanol–water partition coefficient (Wildman–Crippen LogP) is -0.655. The summed E-state index contributed by atoms with van der Waals surface area (Å²) in [6.07, 6.45) is -0.311. The second-order valence-corrected chi connectivity index (χ2v) is 7.70. The topological polar surface area (TPSA) is 240 Å². The number of nitrogens with zero attached hydrogens (tertiary/aromatic N) is 4. The van der Waals surface area contributed by atoms with Crippen LogP contribution in [0.1, 0.15) is 23.2 Å². The zero-order chi connectivity index (χ0) is 26.4. The van der Waals surface area contributed by atoms with E-state index in [4.69, 9.17) is 10.8 Å². The van der Waals surface area contributed by atoms with Gasteiger partial charge in [0.05, 0.1) is 23.6 Å². The maximum absolute atomic E-state index is 12.4. The van der Waals surface area contributed by atoms with Crippen molar-refractivity contribution >= 4 is 47.4 Å². The molecule has 1 unspecified atom stereocenters. The van der Waals surface area contributed by atoms with E-state index in [1.165, 1.54) is 24.3 Å². The molecule has 1 aromatic carbocycles. The van der Waals surface area contributed by atoms with Crippen molar-refractivity contribution in [2.24, 2.45) is 5.29 Å². The summed E-state index contributed by atoms with van der Waals surface area (Å²) in [5.41, 5.74) is 5.12. The number of hydrogen-bond donors (Lipinski definition) is 6. The maximum atomic E-state index is 12.4. The minimum atomic E-state index is -1.40. The number of anilines is 4. The number of hydrogen-bond acceptors (Lipinski definition) is 10. The number of nitroso groups, excluding NO2 is 1. The summed E-state index contributed by atoms with van der Waals surface area (Å²) in [5.74, 6) is -3.35. The standard InChI is InChI=1S/C20H22N8O8/c21-20-24-16-15(18(33)25-20)27(9-29)12(7-22-16)8-28(26-36)11-3-1-10(2-4-11)17(32)23-13(19(34)35)5-6-14(30)31/h1-4,9,12-13H,5-8H2,(H,23,32)(H,30,31)(H,34,35)(H4,21,22,24,25,33)/t12?,13-/m0/s1. The lowest BCUT2D eigenvalue weighted by atomic mass is 10.1. The first-order chi connectivity index (χ1) is 17.1. The van der Waals surface area contributed by atoms with Crippen LogP contribution in [0, 0.1) is 4.91 Å². The zero-order valence-corrected chi connectivity index (χ0v) is 18.6. The lowest BCUT2D eigenvalue weighted by Crippen LogP contribution is -2.51. The van der Waals surface area contributed by atoms with E-state index < -0.39 is 41.9 Å². The molecular weight excluding hydrogens is 480 g/mol. The number of rotatable bonds is 11. The Labute approximate surface area is 202 Å². The minimum absolute atomic E-state index is 0.0594. The van der Waals surface area contributed by atoms with Crippen LogP contribution in [0.15, 0.2) is 34.3 Å². The number of carbonyl (C=O) groups excluding carboxylic acids is 2. The van der Waals surface area contributed by atoms with Crippen LogP contribution in [-0.4, -0.2) is 69.6 Å². The van der Waals surface area contributed by atoms with Gasteiger partial charge in [-0.2, -0.15) is 4.98 Å². The van der Waals surface area contributed by atoms with Crippen molar-refractivity contribution in [2.45, 2.75) is 24.9 Å². The average molecular weight is 502 g/mol. The van der Waals surface area contributed by atoms with Gasteiger partial charge >= 0.3 is 11.9 Å². The van der Waals surface area contributed by atoms with Gasteiger partial charge in [-0.05, 0) is 30.7 Å². The molecular formula is C20H22N8O8. The van der Waals surface area contributed by atoms with Crippen LogP contribution in [-0.2, 0) is 14.4 Å². The average Bonchev–Trinajstić information content (AvgIpc) is 2.84. The monoisotopic (exact) mass is 502 g/mol. The van der Waals surface area contributed by atoms with Crippen molar-refractivity contribution in [3.05, 3.63) is 45.1 Å². The van der Waals surface area contributed by atoms with Crippen LogP contribution >= 0.6 is 0 Å². The summed E-state index contributed by atoms with van der Waals surface area (Å²) in [6.45, 7) is 0.00137. The van der Waals surface area contributed by atoms with Gasteiger partial charge in [-0.25, -0.2) is 9.80 Å². The molecule has 2 amide bonds. The number of carbonyl (C=O) groups is 4. The SMILES string of the molecule is Nc1nc2c(c(=O)[nH]1)N(C=O)C(CN(N=O)c1ccc(C(=O)N[C@@H](CCC(=O)O)C(=O)O)cc1)CN2. The Kier molecular flexibility index (Phi) is 7.78. The fourth-order valence-corrected chi connectivity index (χ4v) is 3.57. The van der Waals surface area contributed by atoms with E-state index in [9.17, 15) is 34.0 Å². The number of nitrogens with one attached hydrogen (secondary N) is 3. The number of nitrogens with two attached hydrogens (primary N) is 1. The smallest absolute Gasteiger partial charge is 0.326 e. The number of aromatic amines is 1. The highest BCUT2D eigenvalue weighted by Crippen LogP contribution is 2.26. The molecule has 0 bridgehead atoms. The van der Waals surface area contributed by atoms with E-state index >= 15 is 0 Å². The van der Waals surface area contributed by atoms with Gasteiger partial charge in [0.1, 0.15) is 6.04 Å². The van der Waals surface area contributed by atoms with Crippen molar-refractivity contribution < 1.29 is 29.4 Å². The number of aliphatic carboxylic acids is 2. The number of benzene rings is 1. The van der Waals surface area contributed by atoms with E-state index in [1.807, 2.05) is 0 Å². The Bertz CT molecular complexity index is 1230. The summed E-state index contributed by atoms with van der Waals surface area (Å²) in [7, 11) is 0. The number of carboxylic acid groups (broad SMARTS) is 2. The molecule has 0 saturated heterocycles. The summed E-state index contributed by atoms with van der Waals surface area (Å²) >= 11 is 0. The molecule has 16 nitrogen and oxygen atoms in total. The molecule has 16 heteroatoms. The van der Waals surface area contributed by atoms with Crippen molar-refractivity contribution in [1.82, 2.24) is 15.3 Å². The van der Waals surface area contributed by atoms with Crippen LogP contribution < -0.4 is 31.8 Å². The molecule has 0 aliphatic carbocycles. The molecule has 2 aromatic rings. The summed E-state index contributed by atoms with van der Waals surface area (Å²) in [6, 6.07) is 3.31. The van der Waals surface area contributed by atoms with E-state index in [-0.39, 0.29) is 48.2 Å². The van der Waals surface area contributed by atoms with Gasteiger partial charge < -0.3 is 31.5 Å². The molecule has 3 rings (SSSR count). The molecule has 1 aliphatic rings. The van der Waals surface area contributed by atoms with Gasteiger partial charge in [0.2, 0.25) is 12.4 Å². The zero-order valence-electron chi connectivity index (χ0n) is 18.6. The lowest BCUT2D eigenvalue weighted by Gasteiger charge is -2.35. The molecule has 0 radical (unpaired) electrons. The second-order valence-electron chi connectivity index (χ2n) is 7.70. The van der Waals surface area contributed by atoms with Crippen LogP contribution in [0.2, 0.25) is 0 Å². The van der Waals surface area contributed by atoms with Gasteiger partial charge in [0.15, 0.2) is 11.5 Å². The summed E-state index contributed by atoms with van der Waals surface area (Å²) < 4.78 is 0. The van der Waals surface area contributed by atoms with Crippen molar-refractivity contribution in [3.63, 3.8) is 0 Å². The highest BCUT2D eigenvalue weighted by atomic mass is 16.4. The van der Waals surface area contributed by atoms with E-state index in [2.05, 4.69) is 25.9 Å². The first-order valence-corrected chi connectivity index (χ1v) is 10.5. The third-order valence-electron chi connectivity index (χ3n) is 5.34. The van der Waals surface area contributed by atoms with Crippen LogP contribution in [0.5, 0.6) is 0 Å².